The third-order valence-electron chi connectivity index (χ3n) is 5.81. The van der Waals surface area contributed by atoms with E-state index in [2.05, 4.69) is 55.0 Å². The molecule has 1 saturated heterocycles. The van der Waals surface area contributed by atoms with E-state index in [-0.39, 0.29) is 0 Å². The second-order valence-corrected chi connectivity index (χ2v) is 13.2. The Morgan fingerprint density at radius 1 is 1.14 bits per heavy atom. The number of allylic oxidation sites excluding steroid dienone is 2. The van der Waals surface area contributed by atoms with Crippen molar-refractivity contribution in [1.29, 1.82) is 0 Å². The molecule has 2 aliphatic rings. The van der Waals surface area contributed by atoms with E-state index in [0.717, 1.165) is 5.92 Å². The van der Waals surface area contributed by atoms with E-state index >= 15 is 0 Å². The highest BCUT2D eigenvalue weighted by molar-refractivity contribution is 6.76. The van der Waals surface area contributed by atoms with Gasteiger partial charge in [-0.1, -0.05) is 53.7 Å². The van der Waals surface area contributed by atoms with Crippen LogP contribution >= 0.6 is 0 Å². The minimum Gasteiger partial charge on any atom is -0.410 e. The minimum atomic E-state index is -1.69. The molecule has 0 spiro atoms. The standard InChI is InChI=1S/C19H34OSi/c1-12(2)9-18-19-16(8)15(7)10-17(19)11-21(20-18,13(3)4)14(5)6/h12-14,17-18H,7,9-11H2,1-6,8H3. The lowest BCUT2D eigenvalue weighted by molar-refractivity contribution is 0.155. The molecule has 1 aliphatic heterocycles. The Morgan fingerprint density at radius 3 is 2.19 bits per heavy atom. The van der Waals surface area contributed by atoms with Crippen LogP contribution in [-0.4, -0.2) is 14.4 Å². The van der Waals surface area contributed by atoms with Crippen LogP contribution in [0.15, 0.2) is 23.3 Å². The van der Waals surface area contributed by atoms with Gasteiger partial charge in [-0.3, -0.25) is 0 Å². The maximum absolute atomic E-state index is 6.98. The first kappa shape index (κ1) is 17.0. The van der Waals surface area contributed by atoms with Gasteiger partial charge in [0.15, 0.2) is 8.32 Å². The molecule has 1 heterocycles. The fourth-order valence-electron chi connectivity index (χ4n) is 4.53. The van der Waals surface area contributed by atoms with Crippen molar-refractivity contribution in [2.75, 3.05) is 0 Å². The molecule has 0 bridgehead atoms. The molecule has 0 amide bonds. The van der Waals surface area contributed by atoms with Crippen LogP contribution in [0.5, 0.6) is 0 Å². The first-order valence-corrected chi connectivity index (χ1v) is 11.0. The van der Waals surface area contributed by atoms with Gasteiger partial charge in [-0.05, 0) is 59.9 Å². The first-order chi connectivity index (χ1) is 9.69. The van der Waals surface area contributed by atoms with Crippen molar-refractivity contribution in [3.05, 3.63) is 23.3 Å². The van der Waals surface area contributed by atoms with Gasteiger partial charge in [-0.15, -0.1) is 0 Å². The van der Waals surface area contributed by atoms with Crippen LogP contribution in [0.2, 0.25) is 17.1 Å². The molecular weight excluding hydrogens is 272 g/mol. The van der Waals surface area contributed by atoms with E-state index in [9.17, 15) is 0 Å². The Bertz CT molecular complexity index is 436. The Balaban J connectivity index is 2.41. The molecule has 0 aromatic carbocycles. The highest BCUT2D eigenvalue weighted by Crippen LogP contribution is 2.53. The number of hydrogen-bond acceptors (Lipinski definition) is 1. The van der Waals surface area contributed by atoms with Crippen molar-refractivity contribution in [1.82, 2.24) is 0 Å². The summed E-state index contributed by atoms with van der Waals surface area (Å²) in [6.07, 6.45) is 2.72. The van der Waals surface area contributed by atoms with Gasteiger partial charge in [0.05, 0.1) is 6.10 Å². The number of hydrogen-bond donors (Lipinski definition) is 0. The molecule has 0 aromatic heterocycles. The molecule has 0 N–H and O–H groups in total. The van der Waals surface area contributed by atoms with Crippen LogP contribution in [0, 0.1) is 11.8 Å². The van der Waals surface area contributed by atoms with Gasteiger partial charge < -0.3 is 4.43 Å². The lowest BCUT2D eigenvalue weighted by Crippen LogP contribution is -2.53. The minimum absolute atomic E-state index is 0.361. The molecular formula is C19H34OSi. The summed E-state index contributed by atoms with van der Waals surface area (Å²) in [5, 5.41) is 0. The van der Waals surface area contributed by atoms with Crippen molar-refractivity contribution in [2.24, 2.45) is 11.8 Å². The van der Waals surface area contributed by atoms with E-state index in [0.29, 0.717) is 23.1 Å². The van der Waals surface area contributed by atoms with E-state index in [1.54, 1.807) is 5.57 Å². The average molecular weight is 307 g/mol. The normalized spacial score (nSPS) is 29.0. The molecule has 0 aromatic rings. The third kappa shape index (κ3) is 2.94. The zero-order valence-electron chi connectivity index (χ0n) is 15.1. The monoisotopic (exact) mass is 306 g/mol. The lowest BCUT2D eigenvalue weighted by Gasteiger charge is -2.49. The summed E-state index contributed by atoms with van der Waals surface area (Å²) in [5.74, 6) is 1.42. The summed E-state index contributed by atoms with van der Waals surface area (Å²) < 4.78 is 6.98. The van der Waals surface area contributed by atoms with Gasteiger partial charge in [0.1, 0.15) is 0 Å². The highest BCUT2D eigenvalue weighted by Gasteiger charge is 2.52. The molecule has 0 saturated carbocycles. The van der Waals surface area contributed by atoms with Gasteiger partial charge >= 0.3 is 0 Å². The van der Waals surface area contributed by atoms with E-state index in [1.165, 1.54) is 30.0 Å². The van der Waals surface area contributed by atoms with Crippen molar-refractivity contribution < 1.29 is 4.43 Å². The van der Waals surface area contributed by atoms with Crippen LogP contribution in [0.25, 0.3) is 0 Å². The topological polar surface area (TPSA) is 9.23 Å². The van der Waals surface area contributed by atoms with Gasteiger partial charge in [-0.25, -0.2) is 0 Å². The van der Waals surface area contributed by atoms with E-state index < -0.39 is 8.32 Å². The third-order valence-corrected chi connectivity index (χ3v) is 11.6. The van der Waals surface area contributed by atoms with Crippen LogP contribution in [0.3, 0.4) is 0 Å². The van der Waals surface area contributed by atoms with Crippen LogP contribution < -0.4 is 0 Å². The van der Waals surface area contributed by atoms with E-state index in [4.69, 9.17) is 4.43 Å². The molecule has 21 heavy (non-hydrogen) atoms. The zero-order chi connectivity index (χ0) is 15.9. The van der Waals surface area contributed by atoms with Gasteiger partial charge in [0.25, 0.3) is 0 Å². The summed E-state index contributed by atoms with van der Waals surface area (Å²) >= 11 is 0. The molecule has 120 valence electrons. The molecule has 1 aliphatic carbocycles. The summed E-state index contributed by atoms with van der Waals surface area (Å²) in [6.45, 7) is 20.8. The Morgan fingerprint density at radius 2 is 1.71 bits per heavy atom. The van der Waals surface area contributed by atoms with Crippen LogP contribution in [0.4, 0.5) is 0 Å². The second-order valence-electron chi connectivity index (χ2n) is 8.29. The van der Waals surface area contributed by atoms with Gasteiger partial charge in [-0.2, -0.15) is 0 Å². The first-order valence-electron chi connectivity index (χ1n) is 8.75. The smallest absolute Gasteiger partial charge is 0.199 e. The zero-order valence-corrected chi connectivity index (χ0v) is 16.1. The van der Waals surface area contributed by atoms with Crippen molar-refractivity contribution in [3.63, 3.8) is 0 Å². The molecule has 1 nitrogen and oxygen atoms in total. The molecule has 0 radical (unpaired) electrons. The van der Waals surface area contributed by atoms with Crippen LogP contribution in [-0.2, 0) is 4.43 Å². The summed E-state index contributed by atoms with van der Waals surface area (Å²) in [7, 11) is -1.69. The fraction of sp³-hybridized carbons (Fsp3) is 0.789. The predicted octanol–water partition coefficient (Wildman–Crippen LogP) is 6.09. The van der Waals surface area contributed by atoms with Crippen molar-refractivity contribution in [3.8, 4) is 0 Å². The second kappa shape index (κ2) is 6.04. The number of rotatable bonds is 4. The quantitative estimate of drug-likeness (QED) is 0.571. The maximum atomic E-state index is 6.98. The molecule has 1 fully saturated rings. The summed E-state index contributed by atoms with van der Waals surface area (Å²) in [6, 6.07) is 1.31. The Hall–Kier alpha value is -0.343. The average Bonchev–Trinajstić information content (AvgIpc) is 2.63. The largest absolute Gasteiger partial charge is 0.410 e. The predicted molar refractivity (Wildman–Crippen MR) is 95.0 cm³/mol. The SMILES string of the molecule is C=C1CC2C[Si](C(C)C)(C(C)C)OC(CC(C)C)C2=C1C. The molecule has 2 unspecified atom stereocenters. The highest BCUT2D eigenvalue weighted by atomic mass is 28.4. The fourth-order valence-corrected chi connectivity index (χ4v) is 9.34. The van der Waals surface area contributed by atoms with Crippen LogP contribution in [0.1, 0.15) is 61.3 Å². The summed E-state index contributed by atoms with van der Waals surface area (Å²) in [4.78, 5) is 0. The van der Waals surface area contributed by atoms with Gasteiger partial charge in [0.2, 0.25) is 0 Å². The number of fused-ring (bicyclic) bond motifs is 1. The Labute approximate surface area is 133 Å². The Kier molecular flexibility index (Phi) is 4.89. The lowest BCUT2D eigenvalue weighted by atomic mass is 9.91. The molecule has 2 rings (SSSR count). The van der Waals surface area contributed by atoms with Crippen molar-refractivity contribution in [2.45, 2.75) is 84.5 Å². The van der Waals surface area contributed by atoms with Crippen molar-refractivity contribution >= 4 is 8.32 Å². The van der Waals surface area contributed by atoms with Gasteiger partial charge in [0, 0.05) is 0 Å². The van der Waals surface area contributed by atoms with E-state index in [1.807, 2.05) is 0 Å². The molecule has 2 atom stereocenters. The maximum Gasteiger partial charge on any atom is 0.199 e. The summed E-state index contributed by atoms with van der Waals surface area (Å²) in [5.41, 5.74) is 5.83. The molecule has 2 heteroatoms.